The van der Waals surface area contributed by atoms with Gasteiger partial charge in [-0.3, -0.25) is 9.40 Å². The van der Waals surface area contributed by atoms with Gasteiger partial charge in [0.25, 0.3) is 0 Å². The number of carbonyl (C=O) groups is 1. The fourth-order valence-corrected chi connectivity index (χ4v) is 4.10. The molecular formula is C8H17Cl2N4O4P. The standard InChI is InChI=1S/C8H17Cl2N4O4P/c9-1-3-14(4-2-10)19(16)12-5-7(6-17-19)18-13-8(11)15/h7H,1-6H2,(H,12,16)(H3,11,13,15). The first-order valence-electron chi connectivity index (χ1n) is 5.60. The van der Waals surface area contributed by atoms with E-state index in [1.807, 2.05) is 5.48 Å². The average Bonchev–Trinajstić information content (AvgIpc) is 2.38. The third-order valence-electron chi connectivity index (χ3n) is 2.34. The number of nitrogens with two attached hydrogens (primary N) is 1. The molecule has 1 fully saturated rings. The Labute approximate surface area is 121 Å². The van der Waals surface area contributed by atoms with Crippen molar-refractivity contribution in [2.45, 2.75) is 6.10 Å². The van der Waals surface area contributed by atoms with Crippen LogP contribution in [0.25, 0.3) is 0 Å². The number of nitrogens with one attached hydrogen (secondary N) is 2. The van der Waals surface area contributed by atoms with E-state index in [1.165, 1.54) is 0 Å². The SMILES string of the molecule is NC(=O)NOC1CNP(=O)(N(CCCl)CCCl)OC1. The maximum atomic E-state index is 12.5. The molecule has 0 aromatic heterocycles. The van der Waals surface area contributed by atoms with Gasteiger partial charge in [-0.25, -0.2) is 20.0 Å². The Morgan fingerprint density at radius 1 is 1.53 bits per heavy atom. The van der Waals surface area contributed by atoms with Crippen LogP contribution in [0.5, 0.6) is 0 Å². The van der Waals surface area contributed by atoms with Crippen molar-refractivity contribution in [1.29, 1.82) is 0 Å². The predicted octanol–water partition coefficient (Wildman–Crippen LogP) is 0.462. The minimum Gasteiger partial charge on any atom is -0.350 e. The summed E-state index contributed by atoms with van der Waals surface area (Å²) in [6.45, 7) is 1.09. The summed E-state index contributed by atoms with van der Waals surface area (Å²) in [6.07, 6.45) is -0.469. The van der Waals surface area contributed by atoms with Gasteiger partial charge in [0.15, 0.2) is 0 Å². The summed E-state index contributed by atoms with van der Waals surface area (Å²) in [5, 5.41) is 2.76. The van der Waals surface area contributed by atoms with Gasteiger partial charge in [-0.2, -0.15) is 0 Å². The number of urea groups is 1. The molecule has 1 rings (SSSR count). The van der Waals surface area contributed by atoms with E-state index in [0.717, 1.165) is 0 Å². The largest absolute Gasteiger partial charge is 0.350 e. The molecule has 8 nitrogen and oxygen atoms in total. The number of rotatable bonds is 7. The van der Waals surface area contributed by atoms with Crippen LogP contribution in [-0.2, 0) is 13.9 Å². The van der Waals surface area contributed by atoms with E-state index in [-0.39, 0.29) is 13.2 Å². The van der Waals surface area contributed by atoms with Crippen LogP contribution in [0.3, 0.4) is 0 Å². The third-order valence-corrected chi connectivity index (χ3v) is 4.90. The summed E-state index contributed by atoms with van der Waals surface area (Å²) >= 11 is 11.3. The molecule has 112 valence electrons. The number of hydroxylamine groups is 1. The maximum absolute atomic E-state index is 12.5. The summed E-state index contributed by atoms with van der Waals surface area (Å²) in [7, 11) is -3.15. The Kier molecular flexibility index (Phi) is 7.38. The lowest BCUT2D eigenvalue weighted by Crippen LogP contribution is -2.46. The minimum atomic E-state index is -3.15. The van der Waals surface area contributed by atoms with Gasteiger partial charge < -0.3 is 10.3 Å². The summed E-state index contributed by atoms with van der Waals surface area (Å²) in [4.78, 5) is 15.4. The molecular weight excluding hydrogens is 318 g/mol. The summed E-state index contributed by atoms with van der Waals surface area (Å²) in [6, 6.07) is -0.806. The fraction of sp³-hybridized carbons (Fsp3) is 0.875. The highest BCUT2D eigenvalue weighted by atomic mass is 35.5. The van der Waals surface area contributed by atoms with E-state index in [0.29, 0.717) is 24.8 Å². The highest BCUT2D eigenvalue weighted by Gasteiger charge is 2.36. The number of alkyl halides is 2. The number of amides is 2. The Morgan fingerprint density at radius 3 is 2.58 bits per heavy atom. The Hall–Kier alpha value is -0.0800. The number of hydrogen-bond acceptors (Lipinski definition) is 4. The van der Waals surface area contributed by atoms with Crippen molar-refractivity contribution in [3.8, 4) is 0 Å². The molecule has 2 unspecified atom stereocenters. The molecule has 1 heterocycles. The Balaban J connectivity index is 2.48. The molecule has 19 heavy (non-hydrogen) atoms. The van der Waals surface area contributed by atoms with Crippen molar-refractivity contribution in [3.05, 3.63) is 0 Å². The molecule has 0 aliphatic carbocycles. The van der Waals surface area contributed by atoms with Crippen molar-refractivity contribution in [2.75, 3.05) is 38.0 Å². The lowest BCUT2D eigenvalue weighted by atomic mass is 10.4. The number of halogens is 2. The normalized spacial score (nSPS) is 27.4. The number of primary amides is 1. The monoisotopic (exact) mass is 334 g/mol. The van der Waals surface area contributed by atoms with E-state index in [9.17, 15) is 9.36 Å². The van der Waals surface area contributed by atoms with Crippen molar-refractivity contribution in [3.63, 3.8) is 0 Å². The van der Waals surface area contributed by atoms with Crippen LogP contribution in [-0.4, -0.2) is 54.8 Å². The Bertz CT molecular complexity index is 331. The lowest BCUT2D eigenvalue weighted by Gasteiger charge is -2.35. The molecule has 1 saturated heterocycles. The van der Waals surface area contributed by atoms with E-state index in [4.69, 9.17) is 38.3 Å². The molecule has 11 heteroatoms. The van der Waals surface area contributed by atoms with Crippen LogP contribution in [0.1, 0.15) is 0 Å². The highest BCUT2D eigenvalue weighted by molar-refractivity contribution is 7.54. The molecule has 0 aromatic carbocycles. The van der Waals surface area contributed by atoms with Gasteiger partial charge in [0, 0.05) is 31.4 Å². The van der Waals surface area contributed by atoms with Gasteiger partial charge >= 0.3 is 13.7 Å². The second-order valence-corrected chi connectivity index (χ2v) is 6.65. The zero-order valence-electron chi connectivity index (χ0n) is 10.2. The summed E-state index contributed by atoms with van der Waals surface area (Å²) < 4.78 is 19.4. The van der Waals surface area contributed by atoms with Crippen LogP contribution >= 0.6 is 30.9 Å². The number of nitrogens with zero attached hydrogens (tertiary/aromatic N) is 1. The van der Waals surface area contributed by atoms with Crippen molar-refractivity contribution >= 4 is 36.9 Å². The van der Waals surface area contributed by atoms with Crippen LogP contribution in [0.2, 0.25) is 0 Å². The molecule has 1 aliphatic heterocycles. The molecule has 4 N–H and O–H groups in total. The molecule has 0 saturated carbocycles. The smallest absolute Gasteiger partial charge is 0.343 e. The molecule has 1 aliphatic rings. The van der Waals surface area contributed by atoms with Crippen molar-refractivity contribution in [2.24, 2.45) is 5.73 Å². The predicted molar refractivity (Wildman–Crippen MR) is 72.2 cm³/mol. The van der Waals surface area contributed by atoms with Crippen LogP contribution in [0, 0.1) is 0 Å². The molecule has 0 spiro atoms. The van der Waals surface area contributed by atoms with E-state index >= 15 is 0 Å². The Morgan fingerprint density at radius 2 is 2.16 bits per heavy atom. The highest BCUT2D eigenvalue weighted by Crippen LogP contribution is 2.48. The van der Waals surface area contributed by atoms with Gasteiger partial charge in [0.05, 0.1) is 6.61 Å². The molecule has 0 bridgehead atoms. The molecule has 0 radical (unpaired) electrons. The van der Waals surface area contributed by atoms with Gasteiger partial charge in [0.2, 0.25) is 0 Å². The average molecular weight is 335 g/mol. The first-order valence-corrected chi connectivity index (χ1v) is 8.24. The quantitative estimate of drug-likeness (QED) is 0.355. The molecule has 0 aromatic rings. The third kappa shape index (κ3) is 5.43. The second-order valence-electron chi connectivity index (χ2n) is 3.72. The van der Waals surface area contributed by atoms with Crippen LogP contribution < -0.4 is 16.3 Å². The van der Waals surface area contributed by atoms with E-state index in [2.05, 4.69) is 5.09 Å². The van der Waals surface area contributed by atoms with Gasteiger partial charge in [-0.1, -0.05) is 0 Å². The first-order chi connectivity index (χ1) is 9.01. The van der Waals surface area contributed by atoms with Crippen LogP contribution in [0.4, 0.5) is 4.79 Å². The topological polar surface area (TPSA) is 106 Å². The van der Waals surface area contributed by atoms with Gasteiger partial charge in [-0.05, 0) is 0 Å². The van der Waals surface area contributed by atoms with Gasteiger partial charge in [-0.15, -0.1) is 23.2 Å². The van der Waals surface area contributed by atoms with Gasteiger partial charge in [0.1, 0.15) is 6.10 Å². The lowest BCUT2D eigenvalue weighted by molar-refractivity contribution is -0.0326. The minimum absolute atomic E-state index is 0.0611. The van der Waals surface area contributed by atoms with E-state index in [1.54, 1.807) is 4.67 Å². The molecule has 2 amide bonds. The number of hydrogen-bond donors (Lipinski definition) is 3. The maximum Gasteiger partial charge on any atom is 0.343 e. The second kappa shape index (κ2) is 8.26. The fourth-order valence-electron chi connectivity index (χ4n) is 1.47. The molecule has 2 atom stereocenters. The zero-order chi connectivity index (χ0) is 14.3. The summed E-state index contributed by atoms with van der Waals surface area (Å²) in [5.74, 6) is 0.629. The number of carbonyl (C=O) groups excluding carboxylic acids is 1. The van der Waals surface area contributed by atoms with Crippen LogP contribution in [0.15, 0.2) is 0 Å². The first kappa shape index (κ1) is 17.0. The van der Waals surface area contributed by atoms with Crippen molar-refractivity contribution in [1.82, 2.24) is 15.2 Å². The van der Waals surface area contributed by atoms with E-state index < -0.39 is 19.8 Å². The van der Waals surface area contributed by atoms with Crippen molar-refractivity contribution < 1.29 is 18.7 Å². The summed E-state index contributed by atoms with van der Waals surface area (Å²) in [5.41, 5.74) is 6.86. The zero-order valence-corrected chi connectivity index (χ0v) is 12.6.